The topological polar surface area (TPSA) is 42.1 Å². The number of nitrogens with two attached hydrogens (primary N) is 1. The molecule has 1 aromatic heterocycles. The smallest absolute Gasteiger partial charge is 0.123 e. The van der Waals surface area contributed by atoms with E-state index in [1.807, 2.05) is 6.07 Å². The number of aromatic nitrogens is 1. The standard InChI is InChI=1S/C13H21N3/c1-3-8-16-9-4-5-12(16)11-6-7-13(14)15-10(11)2/h6-7,12H,3-5,8-9H2,1-2H3,(H2,14,15)/t12-/m1/s1. The van der Waals surface area contributed by atoms with Crippen LogP contribution in [0.3, 0.4) is 0 Å². The van der Waals surface area contributed by atoms with Crippen molar-refractivity contribution in [1.82, 2.24) is 9.88 Å². The lowest BCUT2D eigenvalue weighted by atomic mass is 10.0. The van der Waals surface area contributed by atoms with E-state index in [9.17, 15) is 0 Å². The molecular weight excluding hydrogens is 198 g/mol. The normalized spacial score (nSPS) is 21.5. The quantitative estimate of drug-likeness (QED) is 0.849. The van der Waals surface area contributed by atoms with E-state index in [1.54, 1.807) is 0 Å². The molecule has 1 fully saturated rings. The van der Waals surface area contributed by atoms with E-state index in [0.29, 0.717) is 11.9 Å². The third kappa shape index (κ3) is 2.19. The van der Waals surface area contributed by atoms with Gasteiger partial charge in [-0.05, 0) is 50.9 Å². The summed E-state index contributed by atoms with van der Waals surface area (Å²) < 4.78 is 0. The van der Waals surface area contributed by atoms with Gasteiger partial charge in [0, 0.05) is 11.7 Å². The second-order valence-corrected chi connectivity index (χ2v) is 4.60. The van der Waals surface area contributed by atoms with Gasteiger partial charge >= 0.3 is 0 Å². The molecule has 0 aromatic carbocycles. The number of pyridine rings is 1. The second kappa shape index (κ2) is 4.83. The molecule has 0 amide bonds. The lowest BCUT2D eigenvalue weighted by molar-refractivity contribution is 0.257. The summed E-state index contributed by atoms with van der Waals surface area (Å²) >= 11 is 0. The molecule has 0 unspecified atom stereocenters. The summed E-state index contributed by atoms with van der Waals surface area (Å²) in [7, 11) is 0. The van der Waals surface area contributed by atoms with E-state index in [4.69, 9.17) is 5.73 Å². The Bertz CT molecular complexity index is 362. The Morgan fingerprint density at radius 2 is 2.31 bits per heavy atom. The molecule has 3 nitrogen and oxygen atoms in total. The summed E-state index contributed by atoms with van der Waals surface area (Å²) in [4.78, 5) is 6.93. The highest BCUT2D eigenvalue weighted by atomic mass is 15.2. The SMILES string of the molecule is CCCN1CCC[C@@H]1c1ccc(N)nc1C. The Morgan fingerprint density at radius 3 is 3.00 bits per heavy atom. The lowest BCUT2D eigenvalue weighted by Gasteiger charge is -2.25. The molecule has 1 aliphatic rings. The fourth-order valence-corrected chi connectivity index (χ4v) is 2.68. The summed E-state index contributed by atoms with van der Waals surface area (Å²) in [6, 6.07) is 4.63. The molecule has 1 aromatic rings. The first-order chi connectivity index (χ1) is 7.72. The van der Waals surface area contributed by atoms with Crippen molar-refractivity contribution in [2.24, 2.45) is 0 Å². The monoisotopic (exact) mass is 219 g/mol. The molecule has 2 N–H and O–H groups in total. The number of anilines is 1. The number of aryl methyl sites for hydroxylation is 1. The van der Waals surface area contributed by atoms with Crippen LogP contribution in [0.5, 0.6) is 0 Å². The molecule has 2 heterocycles. The number of nitrogens with zero attached hydrogens (tertiary/aromatic N) is 2. The van der Waals surface area contributed by atoms with Crippen LogP contribution in [0.1, 0.15) is 43.5 Å². The van der Waals surface area contributed by atoms with Crippen molar-refractivity contribution in [3.63, 3.8) is 0 Å². The molecular formula is C13H21N3. The van der Waals surface area contributed by atoms with Crippen molar-refractivity contribution in [2.45, 2.75) is 39.2 Å². The average Bonchev–Trinajstić information content (AvgIpc) is 2.67. The molecule has 0 aliphatic carbocycles. The molecule has 0 spiro atoms. The Labute approximate surface area is 97.7 Å². The number of hydrogen-bond acceptors (Lipinski definition) is 3. The molecule has 88 valence electrons. The van der Waals surface area contributed by atoms with E-state index in [-0.39, 0.29) is 0 Å². The first kappa shape index (κ1) is 11.4. The molecule has 3 heteroatoms. The van der Waals surface area contributed by atoms with Crippen LogP contribution in [0.15, 0.2) is 12.1 Å². The van der Waals surface area contributed by atoms with E-state index >= 15 is 0 Å². The summed E-state index contributed by atoms with van der Waals surface area (Å²) in [6.07, 6.45) is 3.78. The van der Waals surface area contributed by atoms with Gasteiger partial charge in [-0.1, -0.05) is 13.0 Å². The fourth-order valence-electron chi connectivity index (χ4n) is 2.68. The van der Waals surface area contributed by atoms with Gasteiger partial charge in [0.1, 0.15) is 5.82 Å². The maximum absolute atomic E-state index is 5.69. The van der Waals surface area contributed by atoms with Gasteiger partial charge < -0.3 is 5.73 Å². The van der Waals surface area contributed by atoms with Gasteiger partial charge in [-0.3, -0.25) is 4.90 Å². The number of rotatable bonds is 3. The maximum Gasteiger partial charge on any atom is 0.123 e. The van der Waals surface area contributed by atoms with Crippen molar-refractivity contribution in [2.75, 3.05) is 18.8 Å². The Balaban J connectivity index is 2.22. The van der Waals surface area contributed by atoms with Gasteiger partial charge in [0.25, 0.3) is 0 Å². The van der Waals surface area contributed by atoms with E-state index in [0.717, 1.165) is 5.69 Å². The van der Waals surface area contributed by atoms with Gasteiger partial charge in [-0.2, -0.15) is 0 Å². The summed E-state index contributed by atoms with van der Waals surface area (Å²) in [5, 5.41) is 0. The zero-order valence-electron chi connectivity index (χ0n) is 10.2. The predicted octanol–water partition coefficient (Wildman–Crippen LogP) is 2.52. The fraction of sp³-hybridized carbons (Fsp3) is 0.615. The van der Waals surface area contributed by atoms with Gasteiger partial charge in [0.15, 0.2) is 0 Å². The molecule has 1 aliphatic heterocycles. The highest BCUT2D eigenvalue weighted by Gasteiger charge is 2.26. The largest absolute Gasteiger partial charge is 0.384 e. The van der Waals surface area contributed by atoms with Crippen LogP contribution in [0.25, 0.3) is 0 Å². The van der Waals surface area contributed by atoms with Gasteiger partial charge in [-0.15, -0.1) is 0 Å². The molecule has 1 atom stereocenters. The summed E-state index contributed by atoms with van der Waals surface area (Å²) in [5.74, 6) is 0.626. The highest BCUT2D eigenvalue weighted by Crippen LogP contribution is 2.33. The summed E-state index contributed by atoms with van der Waals surface area (Å²) in [5.41, 5.74) is 8.15. The summed E-state index contributed by atoms with van der Waals surface area (Å²) in [6.45, 7) is 6.72. The third-order valence-corrected chi connectivity index (χ3v) is 3.38. The lowest BCUT2D eigenvalue weighted by Crippen LogP contribution is -2.24. The molecule has 16 heavy (non-hydrogen) atoms. The van der Waals surface area contributed by atoms with Crippen LogP contribution in [-0.4, -0.2) is 23.0 Å². The molecule has 2 rings (SSSR count). The second-order valence-electron chi connectivity index (χ2n) is 4.60. The van der Waals surface area contributed by atoms with Crippen molar-refractivity contribution < 1.29 is 0 Å². The van der Waals surface area contributed by atoms with E-state index < -0.39 is 0 Å². The van der Waals surface area contributed by atoms with Crippen LogP contribution in [0, 0.1) is 6.92 Å². The Hall–Kier alpha value is -1.09. The van der Waals surface area contributed by atoms with Crippen LogP contribution in [0.4, 0.5) is 5.82 Å². The number of nitrogen functional groups attached to an aromatic ring is 1. The number of hydrogen-bond donors (Lipinski definition) is 1. The zero-order valence-corrected chi connectivity index (χ0v) is 10.2. The average molecular weight is 219 g/mol. The predicted molar refractivity (Wildman–Crippen MR) is 67.2 cm³/mol. The molecule has 0 bridgehead atoms. The maximum atomic E-state index is 5.69. The van der Waals surface area contributed by atoms with Crippen molar-refractivity contribution in [3.8, 4) is 0 Å². The van der Waals surface area contributed by atoms with Gasteiger partial charge in [-0.25, -0.2) is 4.98 Å². The minimum atomic E-state index is 0.563. The minimum absolute atomic E-state index is 0.563. The van der Waals surface area contributed by atoms with Gasteiger partial charge in [0.05, 0.1) is 0 Å². The van der Waals surface area contributed by atoms with Crippen molar-refractivity contribution in [3.05, 3.63) is 23.4 Å². The van der Waals surface area contributed by atoms with Crippen LogP contribution >= 0.6 is 0 Å². The molecule has 0 saturated carbocycles. The van der Waals surface area contributed by atoms with Crippen LogP contribution < -0.4 is 5.73 Å². The zero-order chi connectivity index (χ0) is 11.5. The molecule has 0 radical (unpaired) electrons. The third-order valence-electron chi connectivity index (χ3n) is 3.38. The Morgan fingerprint density at radius 1 is 1.50 bits per heavy atom. The minimum Gasteiger partial charge on any atom is -0.384 e. The van der Waals surface area contributed by atoms with Crippen LogP contribution in [0.2, 0.25) is 0 Å². The molecule has 1 saturated heterocycles. The van der Waals surface area contributed by atoms with E-state index in [1.165, 1.54) is 37.9 Å². The highest BCUT2D eigenvalue weighted by molar-refractivity contribution is 5.35. The first-order valence-corrected chi connectivity index (χ1v) is 6.19. The van der Waals surface area contributed by atoms with E-state index in [2.05, 4.69) is 29.8 Å². The first-order valence-electron chi connectivity index (χ1n) is 6.19. The van der Waals surface area contributed by atoms with Gasteiger partial charge in [0.2, 0.25) is 0 Å². The van der Waals surface area contributed by atoms with Crippen molar-refractivity contribution in [1.29, 1.82) is 0 Å². The van der Waals surface area contributed by atoms with Crippen molar-refractivity contribution >= 4 is 5.82 Å². The Kier molecular flexibility index (Phi) is 3.44. The number of likely N-dealkylation sites (tertiary alicyclic amines) is 1. The van der Waals surface area contributed by atoms with Crippen LogP contribution in [-0.2, 0) is 0 Å².